The molecular formula is C19H20N4. The number of allylic oxidation sites excluding steroid dienone is 4. The lowest BCUT2D eigenvalue weighted by atomic mass is 9.99. The third kappa shape index (κ3) is 2.61. The molecule has 2 unspecified atom stereocenters. The molecule has 2 aliphatic carbocycles. The van der Waals surface area contributed by atoms with E-state index in [1.807, 2.05) is 12.1 Å². The first-order chi connectivity index (χ1) is 11.2. The van der Waals surface area contributed by atoms with Gasteiger partial charge < -0.3 is 10.6 Å². The summed E-state index contributed by atoms with van der Waals surface area (Å²) >= 11 is 0. The molecule has 4 rings (SSSR count). The van der Waals surface area contributed by atoms with Crippen molar-refractivity contribution in [3.8, 4) is 0 Å². The van der Waals surface area contributed by atoms with Crippen LogP contribution in [-0.4, -0.2) is 17.0 Å². The number of fused-ring (bicyclic) bond motifs is 1. The average molecular weight is 304 g/mol. The van der Waals surface area contributed by atoms with Crippen LogP contribution in [-0.2, 0) is 6.54 Å². The van der Waals surface area contributed by atoms with Gasteiger partial charge in [0, 0.05) is 37.6 Å². The lowest BCUT2D eigenvalue weighted by molar-refractivity contribution is 0.868. The highest BCUT2D eigenvalue weighted by Crippen LogP contribution is 2.53. The van der Waals surface area contributed by atoms with Gasteiger partial charge in [0.15, 0.2) is 5.82 Å². The van der Waals surface area contributed by atoms with Crippen LogP contribution in [0.2, 0.25) is 0 Å². The largest absolute Gasteiger partial charge is 0.402 e. The number of aromatic nitrogens is 2. The fourth-order valence-corrected chi connectivity index (χ4v) is 3.34. The van der Waals surface area contributed by atoms with E-state index in [-0.39, 0.29) is 0 Å². The van der Waals surface area contributed by atoms with Crippen molar-refractivity contribution in [1.82, 2.24) is 9.97 Å². The van der Waals surface area contributed by atoms with Crippen LogP contribution < -0.4 is 10.6 Å². The van der Waals surface area contributed by atoms with E-state index in [9.17, 15) is 0 Å². The highest BCUT2D eigenvalue weighted by Gasteiger charge is 2.44. The second kappa shape index (κ2) is 5.54. The summed E-state index contributed by atoms with van der Waals surface area (Å²) < 4.78 is 0. The second-order valence-electron chi connectivity index (χ2n) is 6.31. The summed E-state index contributed by atoms with van der Waals surface area (Å²) in [4.78, 5) is 11.4. The van der Waals surface area contributed by atoms with Crippen molar-refractivity contribution in [1.29, 1.82) is 0 Å². The molecule has 0 amide bonds. The molecule has 23 heavy (non-hydrogen) atoms. The van der Waals surface area contributed by atoms with Gasteiger partial charge in [-0.15, -0.1) is 0 Å². The first-order valence-electron chi connectivity index (χ1n) is 7.97. The van der Waals surface area contributed by atoms with Gasteiger partial charge in [-0.2, -0.15) is 0 Å². The smallest absolute Gasteiger partial charge is 0.154 e. The molecule has 4 nitrogen and oxygen atoms in total. The van der Waals surface area contributed by atoms with Gasteiger partial charge in [0.25, 0.3) is 0 Å². The van der Waals surface area contributed by atoms with E-state index in [4.69, 9.17) is 5.73 Å². The number of rotatable bonds is 4. The van der Waals surface area contributed by atoms with Crippen molar-refractivity contribution >= 4 is 11.4 Å². The SMILES string of the molecule is CN(Cc1ccccc1)c1nccnc1C1=CC=C(N)C2CC12. The fourth-order valence-electron chi connectivity index (χ4n) is 3.34. The third-order valence-electron chi connectivity index (χ3n) is 4.65. The zero-order chi connectivity index (χ0) is 15.8. The Labute approximate surface area is 136 Å². The van der Waals surface area contributed by atoms with Crippen molar-refractivity contribution in [3.05, 3.63) is 71.8 Å². The molecule has 116 valence electrons. The third-order valence-corrected chi connectivity index (χ3v) is 4.65. The maximum absolute atomic E-state index is 6.03. The molecule has 0 aliphatic heterocycles. The Hall–Kier alpha value is -2.62. The number of nitrogens with two attached hydrogens (primary N) is 1. The van der Waals surface area contributed by atoms with Gasteiger partial charge in [0.1, 0.15) is 5.69 Å². The van der Waals surface area contributed by atoms with Gasteiger partial charge in [-0.25, -0.2) is 4.98 Å². The van der Waals surface area contributed by atoms with E-state index in [1.54, 1.807) is 12.4 Å². The van der Waals surface area contributed by atoms with Crippen LogP contribution in [0.3, 0.4) is 0 Å². The molecule has 1 saturated carbocycles. The standard InChI is InChI=1S/C19H20N4/c1-23(12-13-5-3-2-4-6-13)19-18(21-9-10-22-19)14-7-8-17(20)16-11-15(14)16/h2-10,15-16H,11-12,20H2,1H3. The molecule has 0 radical (unpaired) electrons. The zero-order valence-electron chi connectivity index (χ0n) is 13.2. The lowest BCUT2D eigenvalue weighted by Gasteiger charge is -2.22. The predicted octanol–water partition coefficient (Wildman–Crippen LogP) is 2.99. The molecule has 2 aromatic rings. The van der Waals surface area contributed by atoms with Crippen LogP contribution in [0.5, 0.6) is 0 Å². The van der Waals surface area contributed by atoms with E-state index in [0.717, 1.165) is 30.2 Å². The fraction of sp³-hybridized carbons (Fsp3) is 0.263. The Morgan fingerprint density at radius 1 is 1.09 bits per heavy atom. The Balaban J connectivity index is 1.65. The van der Waals surface area contributed by atoms with E-state index in [2.05, 4.69) is 52.3 Å². The maximum atomic E-state index is 6.03. The molecule has 1 aromatic carbocycles. The lowest BCUT2D eigenvalue weighted by Crippen LogP contribution is -2.20. The average Bonchev–Trinajstić information content (AvgIpc) is 3.38. The molecule has 2 N–H and O–H groups in total. The van der Waals surface area contributed by atoms with Gasteiger partial charge in [0.05, 0.1) is 0 Å². The molecule has 0 saturated heterocycles. The maximum Gasteiger partial charge on any atom is 0.154 e. The monoisotopic (exact) mass is 304 g/mol. The molecule has 1 heterocycles. The molecule has 0 spiro atoms. The van der Waals surface area contributed by atoms with E-state index >= 15 is 0 Å². The predicted molar refractivity (Wildman–Crippen MR) is 92.4 cm³/mol. The summed E-state index contributed by atoms with van der Waals surface area (Å²) in [6.07, 6.45) is 8.81. The zero-order valence-corrected chi connectivity index (χ0v) is 13.2. The van der Waals surface area contributed by atoms with Crippen LogP contribution in [0.1, 0.15) is 17.7 Å². The molecule has 4 heteroatoms. The Kier molecular flexibility index (Phi) is 3.37. The molecular weight excluding hydrogens is 284 g/mol. The van der Waals surface area contributed by atoms with Gasteiger partial charge in [0.2, 0.25) is 0 Å². The molecule has 2 atom stereocenters. The van der Waals surface area contributed by atoms with E-state index in [0.29, 0.717) is 11.8 Å². The Morgan fingerprint density at radius 2 is 1.87 bits per heavy atom. The summed E-state index contributed by atoms with van der Waals surface area (Å²) in [7, 11) is 2.07. The topological polar surface area (TPSA) is 55.0 Å². The number of hydrogen-bond donors (Lipinski definition) is 1. The minimum atomic E-state index is 0.504. The highest BCUT2D eigenvalue weighted by atomic mass is 15.2. The van der Waals surface area contributed by atoms with Crippen LogP contribution in [0.4, 0.5) is 5.82 Å². The molecule has 1 fully saturated rings. The van der Waals surface area contributed by atoms with Crippen molar-refractivity contribution in [3.63, 3.8) is 0 Å². The van der Waals surface area contributed by atoms with Crippen LogP contribution in [0.25, 0.3) is 5.57 Å². The number of nitrogens with zero attached hydrogens (tertiary/aromatic N) is 3. The van der Waals surface area contributed by atoms with Crippen LogP contribution >= 0.6 is 0 Å². The molecule has 2 aliphatic rings. The van der Waals surface area contributed by atoms with Crippen LogP contribution in [0.15, 0.2) is 60.6 Å². The number of hydrogen-bond acceptors (Lipinski definition) is 4. The second-order valence-corrected chi connectivity index (χ2v) is 6.31. The number of anilines is 1. The van der Waals surface area contributed by atoms with Gasteiger partial charge in [-0.05, 0) is 29.6 Å². The van der Waals surface area contributed by atoms with Crippen molar-refractivity contribution in [2.45, 2.75) is 13.0 Å². The van der Waals surface area contributed by atoms with Crippen molar-refractivity contribution in [2.75, 3.05) is 11.9 Å². The summed E-state index contributed by atoms with van der Waals surface area (Å²) in [6, 6.07) is 10.4. The Morgan fingerprint density at radius 3 is 2.70 bits per heavy atom. The summed E-state index contributed by atoms with van der Waals surface area (Å²) in [5, 5.41) is 0. The minimum Gasteiger partial charge on any atom is -0.402 e. The minimum absolute atomic E-state index is 0.504. The van der Waals surface area contributed by atoms with Crippen molar-refractivity contribution < 1.29 is 0 Å². The first kappa shape index (κ1) is 14.0. The van der Waals surface area contributed by atoms with Gasteiger partial charge in [-0.3, -0.25) is 4.98 Å². The van der Waals surface area contributed by atoms with Gasteiger partial charge >= 0.3 is 0 Å². The quantitative estimate of drug-likeness (QED) is 0.943. The van der Waals surface area contributed by atoms with Crippen LogP contribution in [0, 0.1) is 11.8 Å². The van der Waals surface area contributed by atoms with E-state index < -0.39 is 0 Å². The summed E-state index contributed by atoms with van der Waals surface area (Å²) in [5.74, 6) is 1.95. The Bertz CT molecular complexity index is 779. The van der Waals surface area contributed by atoms with Gasteiger partial charge in [-0.1, -0.05) is 36.4 Å². The normalized spacial score (nSPS) is 22.0. The summed E-state index contributed by atoms with van der Waals surface area (Å²) in [5.41, 5.74) is 10.6. The molecule has 1 aromatic heterocycles. The summed E-state index contributed by atoms with van der Waals surface area (Å²) in [6.45, 7) is 0.811. The highest BCUT2D eigenvalue weighted by molar-refractivity contribution is 5.77. The number of benzene rings is 1. The van der Waals surface area contributed by atoms with Crippen molar-refractivity contribution in [2.24, 2.45) is 17.6 Å². The van der Waals surface area contributed by atoms with E-state index in [1.165, 1.54) is 11.1 Å². The first-order valence-corrected chi connectivity index (χ1v) is 7.97. The molecule has 0 bridgehead atoms.